The number of aliphatic hydroxyl groups is 7. The number of aryl methyl sites for hydroxylation is 1. The van der Waals surface area contributed by atoms with Crippen molar-refractivity contribution < 1.29 is 107 Å². The van der Waals surface area contributed by atoms with Gasteiger partial charge >= 0.3 is 24.0 Å². The number of anilines is 1. The lowest BCUT2D eigenvalue weighted by molar-refractivity contribution is -0.335. The van der Waals surface area contributed by atoms with Gasteiger partial charge in [0.1, 0.15) is 78.9 Å². The van der Waals surface area contributed by atoms with Crippen molar-refractivity contribution in [2.24, 2.45) is 28.9 Å². The van der Waals surface area contributed by atoms with Crippen molar-refractivity contribution in [3.05, 3.63) is 32.9 Å². The number of amides is 1. The molecule has 1 unspecified atom stereocenters. The smallest absolute Gasteiger partial charge is 0.413 e. The highest BCUT2D eigenvalue weighted by atomic mass is 19.1. The molecule has 80 heavy (non-hydrogen) atoms. The van der Waals surface area contributed by atoms with E-state index in [0.29, 0.717) is 12.8 Å². The maximum atomic E-state index is 16.4. The van der Waals surface area contributed by atoms with Crippen LogP contribution < -0.4 is 38.0 Å². The molecule has 30 heteroatoms. The van der Waals surface area contributed by atoms with Crippen LogP contribution in [0.5, 0.6) is 5.75 Å². The first kappa shape index (κ1) is 62.3. The number of rotatable bonds is 21. The van der Waals surface area contributed by atoms with Crippen LogP contribution in [0.4, 0.5) is 14.9 Å². The molecule has 1 aromatic heterocycles. The zero-order valence-corrected chi connectivity index (χ0v) is 44.6. The van der Waals surface area contributed by atoms with Crippen LogP contribution in [0.15, 0.2) is 4.79 Å². The number of piperazine rings is 1. The van der Waals surface area contributed by atoms with Crippen LogP contribution in [0.3, 0.4) is 0 Å². The molecular formula is C50H74FN7O22. The Hall–Kier alpha value is -5.29. The summed E-state index contributed by atoms with van der Waals surface area (Å²) in [6, 6.07) is -3.37. The van der Waals surface area contributed by atoms with Crippen molar-refractivity contribution in [1.29, 1.82) is 0 Å². The van der Waals surface area contributed by atoms with Crippen molar-refractivity contribution >= 4 is 46.4 Å². The molecule has 16 N–H and O–H groups in total. The summed E-state index contributed by atoms with van der Waals surface area (Å²) in [5, 5.41) is 85.5. The lowest BCUT2D eigenvalue weighted by Gasteiger charge is -2.49. The molecule has 29 nitrogen and oxygen atoms in total. The third-order valence-corrected chi connectivity index (χ3v) is 15.5. The summed E-state index contributed by atoms with van der Waals surface area (Å²) in [4.78, 5) is 80.6. The van der Waals surface area contributed by atoms with E-state index in [1.54, 1.807) is 16.4 Å². The Bertz CT molecular complexity index is 2650. The first-order chi connectivity index (χ1) is 37.9. The molecule has 2 saturated carbocycles. The minimum absolute atomic E-state index is 0.00853. The number of esters is 2. The molecule has 0 spiro atoms. The maximum absolute atomic E-state index is 16.4. The minimum atomic E-state index is -1.85. The molecule has 1 aromatic carbocycles. The van der Waals surface area contributed by atoms with E-state index in [0.717, 1.165) is 0 Å². The molecule has 448 valence electrons. The number of pyridine rings is 1. The average molecular weight is 1140 g/mol. The van der Waals surface area contributed by atoms with Crippen LogP contribution in [0.2, 0.25) is 0 Å². The number of fused-ring (bicyclic) bond motifs is 1. The number of aromatic carboxylic acids is 1. The molecule has 3 saturated heterocycles. The van der Waals surface area contributed by atoms with Crippen molar-refractivity contribution in [1.82, 2.24) is 9.47 Å². The average Bonchev–Trinajstić information content (AvgIpc) is 4.36. The topological polar surface area (TPSA) is 454 Å². The molecule has 0 radical (unpaired) electrons. The number of carboxylic acid groups (broad SMARTS) is 1. The number of aromatic nitrogens is 1. The summed E-state index contributed by atoms with van der Waals surface area (Å²) in [5.74, 6) is -5.83. The first-order valence-electron chi connectivity index (χ1n) is 26.4. The first-order valence-corrected chi connectivity index (χ1v) is 26.4. The molecule has 3 aliphatic heterocycles. The molecule has 5 fully saturated rings. The van der Waals surface area contributed by atoms with Crippen molar-refractivity contribution in [2.75, 3.05) is 58.1 Å². The van der Waals surface area contributed by atoms with Gasteiger partial charge in [0.25, 0.3) is 0 Å². The summed E-state index contributed by atoms with van der Waals surface area (Å²) in [7, 11) is 1.33. The minimum Gasteiger partial charge on any atom is -0.492 e. The normalized spacial score (nSPS) is 32.3. The highest BCUT2D eigenvalue weighted by Gasteiger charge is 2.53. The zero-order valence-electron chi connectivity index (χ0n) is 44.6. The number of benzene rings is 1. The second-order valence-electron chi connectivity index (χ2n) is 20.9. The Morgan fingerprint density at radius 3 is 2.08 bits per heavy atom. The van der Waals surface area contributed by atoms with E-state index < -0.39 is 183 Å². The number of halogens is 1. The highest BCUT2D eigenvalue weighted by Crippen LogP contribution is 2.47. The number of hydrogen-bond donors (Lipinski definition) is 12. The summed E-state index contributed by atoms with van der Waals surface area (Å²) < 4.78 is 62.8. The van der Waals surface area contributed by atoms with E-state index in [1.165, 1.54) is 25.9 Å². The lowest BCUT2D eigenvalue weighted by Crippen LogP contribution is -2.67. The summed E-state index contributed by atoms with van der Waals surface area (Å²) in [6.07, 6.45) is -22.4. The van der Waals surface area contributed by atoms with Gasteiger partial charge in [0, 0.05) is 62.0 Å². The number of aliphatic hydroxyl groups excluding tert-OH is 7. The fourth-order valence-corrected chi connectivity index (χ4v) is 10.9. The van der Waals surface area contributed by atoms with Gasteiger partial charge in [-0.25, -0.2) is 14.0 Å². The van der Waals surface area contributed by atoms with Gasteiger partial charge in [-0.2, -0.15) is 0 Å². The van der Waals surface area contributed by atoms with Gasteiger partial charge < -0.3 is 116 Å². The second-order valence-corrected chi connectivity index (χ2v) is 20.9. The summed E-state index contributed by atoms with van der Waals surface area (Å²) >= 11 is 0. The number of carbonyl (C=O) groups excluding carboxylic acids is 4. The zero-order chi connectivity index (χ0) is 58.8. The quantitative estimate of drug-likeness (QED) is 0.0418. The van der Waals surface area contributed by atoms with Gasteiger partial charge in [0.15, 0.2) is 29.9 Å². The Labute approximate surface area is 457 Å². The standard InChI is InChI=1S/C50H74FN7O22/c1-19-16-56(36-33(51)20(2)31-35(46(36)73-4)58(23-5-6-23)21(3)32(39(31)65)47(70)71)11-12-57(19)50(72)76-18-75-30(62)8-7-29(61)74-17-28-37(63)34(55)40(66)48(78-28)79-44-22(14-26(60)25(59)9-10-52)13-24(54)45(43(44)69)80-49-42(68)41(67)38(64)27(15-53)77-49/h19,22-25,27-28,34,37-38,40-45,48-49,59,63-64,66-69H,5-18,52-55H2,1-4H3,(H,70,71)/t19?,22-,24-,25-,27+,28+,34-,37+,38+,40+,41-,42+,43+,44-,45+,48+,49+/m0/s1. The number of carbonyl (C=O) groups is 5. The Morgan fingerprint density at radius 1 is 0.825 bits per heavy atom. The van der Waals surface area contributed by atoms with E-state index in [-0.39, 0.29) is 85.2 Å². The molecule has 2 aliphatic carbocycles. The second kappa shape index (κ2) is 26.3. The van der Waals surface area contributed by atoms with E-state index in [4.69, 9.17) is 60.8 Å². The molecule has 7 rings (SSSR count). The predicted molar refractivity (Wildman–Crippen MR) is 271 cm³/mol. The molecular weight excluding hydrogens is 1070 g/mol. The van der Waals surface area contributed by atoms with Gasteiger partial charge in [-0.1, -0.05) is 0 Å². The lowest BCUT2D eigenvalue weighted by atomic mass is 9.76. The van der Waals surface area contributed by atoms with Gasteiger partial charge in [0.2, 0.25) is 12.2 Å². The van der Waals surface area contributed by atoms with Crippen LogP contribution in [-0.4, -0.2) is 231 Å². The summed E-state index contributed by atoms with van der Waals surface area (Å²) in [6.45, 7) is 2.87. The molecule has 2 aromatic rings. The van der Waals surface area contributed by atoms with Gasteiger partial charge in [-0.05, 0) is 58.9 Å². The number of nitrogens with two attached hydrogens (primary N) is 4. The van der Waals surface area contributed by atoms with Gasteiger partial charge in [0.05, 0.1) is 43.0 Å². The van der Waals surface area contributed by atoms with Crippen LogP contribution >= 0.6 is 0 Å². The Balaban J connectivity index is 0.913. The Kier molecular flexibility index (Phi) is 20.5. The maximum Gasteiger partial charge on any atom is 0.413 e. The van der Waals surface area contributed by atoms with E-state index in [9.17, 15) is 69.6 Å². The summed E-state index contributed by atoms with van der Waals surface area (Å²) in [5.41, 5.74) is 23.0. The molecule has 17 atom stereocenters. The predicted octanol–water partition coefficient (Wildman–Crippen LogP) is -4.04. The fourth-order valence-electron chi connectivity index (χ4n) is 10.9. The SMILES string of the molecule is COc1c(N2CCN(C(=O)OCOC(=O)CCC(=O)OC[C@H]3O[C@H](O[C@H]4[C@H](CC(=O)[C@@H](O)CCN)C[C@H](N)[C@@H](O[C@H]5O[C@H](CN)[C@@H](O)[C@H](O)[C@H]5O)[C@@H]4O)[C@H](O)[C@@H](N)[C@@H]3O)C(C)C2)c(F)c(C)c2c(=O)c(C(=O)O)c(C)n(C3CC3)c12. The van der Waals surface area contributed by atoms with Crippen LogP contribution in [0.1, 0.15) is 79.5 Å². The Morgan fingerprint density at radius 2 is 1.46 bits per heavy atom. The van der Waals surface area contributed by atoms with E-state index in [2.05, 4.69) is 0 Å². The number of ether oxygens (including phenoxy) is 8. The highest BCUT2D eigenvalue weighted by molar-refractivity contribution is 6.00. The molecule has 4 heterocycles. The van der Waals surface area contributed by atoms with E-state index >= 15 is 4.39 Å². The fraction of sp³-hybridized carbons (Fsp3) is 0.720. The van der Waals surface area contributed by atoms with E-state index in [1.807, 2.05) is 0 Å². The van der Waals surface area contributed by atoms with Crippen LogP contribution in [0.25, 0.3) is 10.9 Å². The largest absolute Gasteiger partial charge is 0.492 e. The van der Waals surface area contributed by atoms with Crippen molar-refractivity contribution in [3.8, 4) is 5.75 Å². The van der Waals surface area contributed by atoms with Crippen molar-refractivity contribution in [3.63, 3.8) is 0 Å². The number of methoxy groups -OCH3 is 1. The molecule has 5 aliphatic rings. The monoisotopic (exact) mass is 1140 g/mol. The third-order valence-electron chi connectivity index (χ3n) is 15.5. The number of ketones is 1. The molecule has 1 amide bonds. The molecule has 0 bridgehead atoms. The van der Waals surface area contributed by atoms with Crippen LogP contribution in [-0.2, 0) is 47.5 Å². The van der Waals surface area contributed by atoms with Gasteiger partial charge in [-0.15, -0.1) is 0 Å². The van der Waals surface area contributed by atoms with Gasteiger partial charge in [-0.3, -0.25) is 19.2 Å². The van der Waals surface area contributed by atoms with Crippen LogP contribution in [0, 0.1) is 25.6 Å². The number of carboxylic acids is 1. The number of Topliss-reactive ketones (excluding diaryl/α,β-unsaturated/α-hetero) is 1. The van der Waals surface area contributed by atoms with Crippen molar-refractivity contribution in [2.45, 2.75) is 170 Å². The third kappa shape index (κ3) is 13.0. The number of nitrogens with zero attached hydrogens (tertiary/aromatic N) is 3. The number of hydrogen-bond acceptors (Lipinski definition) is 26.